The van der Waals surface area contributed by atoms with Gasteiger partial charge in [0.15, 0.2) is 0 Å². The van der Waals surface area contributed by atoms with Crippen LogP contribution in [0, 0.1) is 5.92 Å². The second kappa shape index (κ2) is 7.67. The number of hydrogen-bond acceptors (Lipinski definition) is 0. The molecule has 5 rings (SSSR count). The lowest BCUT2D eigenvalue weighted by Gasteiger charge is -2.17. The average molecular weight is 379 g/mol. The van der Waals surface area contributed by atoms with Gasteiger partial charge in [-0.25, -0.2) is 0 Å². The predicted molar refractivity (Wildman–Crippen MR) is 124 cm³/mol. The van der Waals surface area contributed by atoms with Crippen molar-refractivity contribution in [3.8, 4) is 0 Å². The van der Waals surface area contributed by atoms with Crippen molar-refractivity contribution < 1.29 is 0 Å². The molecule has 0 heterocycles. The molecule has 0 radical (unpaired) electrons. The first kappa shape index (κ1) is 18.4. The molecule has 0 nitrogen and oxygen atoms in total. The van der Waals surface area contributed by atoms with Gasteiger partial charge < -0.3 is 0 Å². The normalized spacial score (nSPS) is 21.9. The zero-order valence-corrected chi connectivity index (χ0v) is 17.5. The van der Waals surface area contributed by atoms with Crippen LogP contribution in [0.5, 0.6) is 0 Å². The molecule has 0 saturated heterocycles. The van der Waals surface area contributed by atoms with Gasteiger partial charge in [-0.2, -0.15) is 0 Å². The fraction of sp³-hybridized carbons (Fsp3) is 0.310. The van der Waals surface area contributed by atoms with Gasteiger partial charge >= 0.3 is 0 Å². The number of rotatable bonds is 6. The van der Waals surface area contributed by atoms with Crippen molar-refractivity contribution in [3.05, 3.63) is 112 Å². The summed E-state index contributed by atoms with van der Waals surface area (Å²) in [4.78, 5) is 0. The van der Waals surface area contributed by atoms with Crippen LogP contribution in [0.15, 0.2) is 84.0 Å². The third-order valence-corrected chi connectivity index (χ3v) is 7.09. The van der Waals surface area contributed by atoms with Gasteiger partial charge in [0.05, 0.1) is 0 Å². The highest BCUT2D eigenvalue weighted by Crippen LogP contribution is 2.52. The van der Waals surface area contributed by atoms with Gasteiger partial charge in [-0.1, -0.05) is 97.0 Å². The van der Waals surface area contributed by atoms with Gasteiger partial charge in [-0.05, 0) is 72.3 Å². The van der Waals surface area contributed by atoms with Gasteiger partial charge in [-0.3, -0.25) is 0 Å². The lowest BCUT2D eigenvalue weighted by molar-refractivity contribution is 0.650. The van der Waals surface area contributed by atoms with Crippen molar-refractivity contribution in [1.29, 1.82) is 0 Å². The largest absolute Gasteiger partial charge is 0.0986 e. The summed E-state index contributed by atoms with van der Waals surface area (Å²) in [6.07, 6.45) is 16.1. The van der Waals surface area contributed by atoms with E-state index >= 15 is 0 Å². The lowest BCUT2D eigenvalue weighted by atomic mass is 9.87. The molecule has 1 fully saturated rings. The highest BCUT2D eigenvalue weighted by Gasteiger charge is 2.37. The average Bonchev–Trinajstić information content (AvgIpc) is 3.45. The molecule has 0 amide bonds. The molecule has 1 saturated carbocycles. The summed E-state index contributed by atoms with van der Waals surface area (Å²) < 4.78 is 0. The number of allylic oxidation sites excluding steroid dienone is 6. The fourth-order valence-corrected chi connectivity index (χ4v) is 5.49. The SMILES string of the molecule is C=C1C(Cc2ccc(CCC3=CC=CC3)c(CC)c2)CC2=Cc3ccccc3C12. The Morgan fingerprint density at radius 3 is 2.76 bits per heavy atom. The molecule has 0 aliphatic heterocycles. The highest BCUT2D eigenvalue weighted by atomic mass is 14.4. The number of benzene rings is 2. The number of hydrogen-bond donors (Lipinski definition) is 0. The standard InChI is InChI=1S/C29H30/c1-3-23-16-22(13-15-24(23)14-12-21-8-4-5-9-21)17-26-19-27-18-25-10-6-7-11-28(25)29(27)20(26)2/h4-8,10-11,13,15-16,18,26,29H,2-3,9,12,14,17,19H2,1H3. The molecule has 0 spiro atoms. The Kier molecular flexibility index (Phi) is 4.87. The van der Waals surface area contributed by atoms with E-state index in [-0.39, 0.29) is 0 Å². The number of fused-ring (bicyclic) bond motifs is 3. The first-order valence-electron chi connectivity index (χ1n) is 11.2. The third kappa shape index (κ3) is 3.46. The molecule has 2 atom stereocenters. The van der Waals surface area contributed by atoms with Gasteiger partial charge in [0.1, 0.15) is 0 Å². The van der Waals surface area contributed by atoms with E-state index < -0.39 is 0 Å². The van der Waals surface area contributed by atoms with E-state index in [1.54, 1.807) is 11.1 Å². The molecule has 0 heteroatoms. The molecule has 0 aromatic heterocycles. The van der Waals surface area contributed by atoms with E-state index in [2.05, 4.69) is 80.3 Å². The Balaban J connectivity index is 1.29. The summed E-state index contributed by atoms with van der Waals surface area (Å²) in [6, 6.07) is 16.1. The number of aryl methyl sites for hydroxylation is 2. The molecule has 2 aromatic carbocycles. The van der Waals surface area contributed by atoms with Crippen LogP contribution in [0.25, 0.3) is 6.08 Å². The van der Waals surface area contributed by atoms with Crippen LogP contribution in [0.4, 0.5) is 0 Å². The first-order chi connectivity index (χ1) is 14.2. The van der Waals surface area contributed by atoms with Gasteiger partial charge in [0, 0.05) is 5.92 Å². The van der Waals surface area contributed by atoms with Gasteiger partial charge in [0.2, 0.25) is 0 Å². The third-order valence-electron chi connectivity index (χ3n) is 7.09. The van der Waals surface area contributed by atoms with Crippen LogP contribution in [-0.2, 0) is 19.3 Å². The molecular weight excluding hydrogens is 348 g/mol. The summed E-state index contributed by atoms with van der Waals surface area (Å²) in [5.74, 6) is 1.04. The summed E-state index contributed by atoms with van der Waals surface area (Å²) in [5, 5.41) is 0. The minimum absolute atomic E-state index is 0.467. The van der Waals surface area contributed by atoms with Crippen LogP contribution >= 0.6 is 0 Å². The van der Waals surface area contributed by atoms with Gasteiger partial charge in [-0.15, -0.1) is 0 Å². The summed E-state index contributed by atoms with van der Waals surface area (Å²) >= 11 is 0. The second-order valence-electron chi connectivity index (χ2n) is 8.88. The van der Waals surface area contributed by atoms with E-state index in [0.29, 0.717) is 11.8 Å². The van der Waals surface area contributed by atoms with Crippen LogP contribution in [-0.4, -0.2) is 0 Å². The minimum atomic E-state index is 0.467. The Hall–Kier alpha value is -2.60. The minimum Gasteiger partial charge on any atom is -0.0986 e. The Morgan fingerprint density at radius 2 is 1.93 bits per heavy atom. The zero-order chi connectivity index (χ0) is 19.8. The predicted octanol–water partition coefficient (Wildman–Crippen LogP) is 7.37. The van der Waals surface area contributed by atoms with E-state index in [1.807, 2.05) is 0 Å². The maximum atomic E-state index is 4.55. The molecule has 0 bridgehead atoms. The van der Waals surface area contributed by atoms with Crippen molar-refractivity contribution in [2.45, 2.75) is 51.4 Å². The Labute approximate surface area is 175 Å². The zero-order valence-electron chi connectivity index (χ0n) is 17.5. The van der Waals surface area contributed by atoms with E-state index in [0.717, 1.165) is 19.3 Å². The van der Waals surface area contributed by atoms with Crippen LogP contribution < -0.4 is 0 Å². The summed E-state index contributed by atoms with van der Waals surface area (Å²) in [5.41, 5.74) is 12.0. The molecular formula is C29H30. The summed E-state index contributed by atoms with van der Waals surface area (Å²) in [7, 11) is 0. The molecule has 2 aromatic rings. The van der Waals surface area contributed by atoms with Crippen molar-refractivity contribution >= 4 is 6.08 Å². The van der Waals surface area contributed by atoms with E-state index in [4.69, 9.17) is 0 Å². The van der Waals surface area contributed by atoms with Crippen molar-refractivity contribution in [2.24, 2.45) is 5.92 Å². The first-order valence-corrected chi connectivity index (χ1v) is 11.2. The lowest BCUT2D eigenvalue weighted by Crippen LogP contribution is -2.05. The smallest absolute Gasteiger partial charge is 0.0267 e. The quantitative estimate of drug-likeness (QED) is 0.460. The van der Waals surface area contributed by atoms with E-state index in [9.17, 15) is 0 Å². The van der Waals surface area contributed by atoms with E-state index in [1.165, 1.54) is 52.7 Å². The molecule has 29 heavy (non-hydrogen) atoms. The maximum absolute atomic E-state index is 4.55. The van der Waals surface area contributed by atoms with Crippen LogP contribution in [0.3, 0.4) is 0 Å². The fourth-order valence-electron chi connectivity index (χ4n) is 5.49. The van der Waals surface area contributed by atoms with Crippen molar-refractivity contribution in [2.75, 3.05) is 0 Å². The topological polar surface area (TPSA) is 0 Å². The van der Waals surface area contributed by atoms with Crippen LogP contribution in [0.2, 0.25) is 0 Å². The van der Waals surface area contributed by atoms with Crippen LogP contribution in [0.1, 0.15) is 59.9 Å². The molecule has 146 valence electrons. The van der Waals surface area contributed by atoms with Crippen molar-refractivity contribution in [3.63, 3.8) is 0 Å². The van der Waals surface area contributed by atoms with Gasteiger partial charge in [0.25, 0.3) is 0 Å². The Morgan fingerprint density at radius 1 is 1.03 bits per heavy atom. The Bertz CT molecular complexity index is 1040. The summed E-state index contributed by atoms with van der Waals surface area (Å²) in [6.45, 7) is 6.85. The molecule has 0 N–H and O–H groups in total. The highest BCUT2D eigenvalue weighted by molar-refractivity contribution is 5.71. The second-order valence-corrected chi connectivity index (χ2v) is 8.88. The van der Waals surface area contributed by atoms with Crippen molar-refractivity contribution in [1.82, 2.24) is 0 Å². The monoisotopic (exact) mass is 378 g/mol. The molecule has 3 aliphatic carbocycles. The maximum Gasteiger partial charge on any atom is 0.0267 e. The molecule has 3 aliphatic rings. The molecule has 2 unspecified atom stereocenters.